The Kier molecular flexibility index (Phi) is 7.64. The van der Waals surface area contributed by atoms with Crippen molar-refractivity contribution in [3.8, 4) is 5.75 Å². The molecule has 0 radical (unpaired) electrons. The summed E-state index contributed by atoms with van der Waals surface area (Å²) < 4.78 is 14.7. The van der Waals surface area contributed by atoms with Crippen molar-refractivity contribution in [1.29, 1.82) is 0 Å². The first-order valence-corrected chi connectivity index (χ1v) is 15.9. The number of amides is 4. The summed E-state index contributed by atoms with van der Waals surface area (Å²) in [6, 6.07) is 5.36. The summed E-state index contributed by atoms with van der Waals surface area (Å²) in [5, 5.41) is 34.8. The van der Waals surface area contributed by atoms with Gasteiger partial charge in [0.05, 0.1) is 32.8 Å². The second kappa shape index (κ2) is 11.0. The van der Waals surface area contributed by atoms with Crippen molar-refractivity contribution in [2.75, 3.05) is 29.3 Å². The average Bonchev–Trinajstić information content (AvgIpc) is 3.35. The zero-order chi connectivity index (χ0) is 34.5. The zero-order valence-corrected chi connectivity index (χ0v) is 27.5. The lowest BCUT2D eigenvalue weighted by Crippen LogP contribution is -2.60. The number of benzene rings is 2. The molecule has 2 heterocycles. The number of aromatic hydroxyl groups is 1. The molecule has 18 heteroatoms. The molecule has 246 valence electrons. The van der Waals surface area contributed by atoms with Crippen LogP contribution in [-0.4, -0.2) is 72.8 Å². The number of nitro groups is 2. The Labute approximate surface area is 283 Å². The van der Waals surface area contributed by atoms with E-state index in [2.05, 4.69) is 15.9 Å². The van der Waals surface area contributed by atoms with Crippen LogP contribution in [0.4, 0.5) is 27.1 Å². The van der Waals surface area contributed by atoms with Gasteiger partial charge >= 0.3 is 11.4 Å². The van der Waals surface area contributed by atoms with Crippen LogP contribution in [0.25, 0.3) is 0 Å². The molecule has 6 atom stereocenters. The van der Waals surface area contributed by atoms with Crippen LogP contribution in [0.15, 0.2) is 42.0 Å². The summed E-state index contributed by atoms with van der Waals surface area (Å²) in [6.07, 6.45) is 1.01. The van der Waals surface area contributed by atoms with E-state index in [1.807, 2.05) is 0 Å². The minimum absolute atomic E-state index is 0.114. The van der Waals surface area contributed by atoms with Crippen LogP contribution >= 0.6 is 39.1 Å². The number of phenols is 1. The van der Waals surface area contributed by atoms with Gasteiger partial charge in [-0.2, -0.15) is 0 Å². The third kappa shape index (κ3) is 4.26. The number of carbonyl (C=O) groups excluding carboxylic acids is 4. The summed E-state index contributed by atoms with van der Waals surface area (Å²) in [4.78, 5) is 76.0. The first kappa shape index (κ1) is 32.8. The number of allylic oxidation sites excluding steroid dienone is 2. The third-order valence-corrected chi connectivity index (χ3v) is 11.4. The molecule has 4 aliphatic rings. The second-order valence-electron chi connectivity index (χ2n) is 11.9. The summed E-state index contributed by atoms with van der Waals surface area (Å²) in [7, 11) is 2.73. The van der Waals surface area contributed by atoms with Crippen LogP contribution in [0.2, 0.25) is 0 Å². The highest BCUT2D eigenvalue weighted by Crippen LogP contribution is 2.66. The lowest BCUT2D eigenvalue weighted by atomic mass is 9.56. The number of phenolic OH excluding ortho intramolecular Hbond substituents is 1. The number of nitrogens with zero attached hydrogens (tertiary/aromatic N) is 5. The predicted octanol–water partition coefficient (Wildman–Crippen LogP) is 4.33. The van der Waals surface area contributed by atoms with Gasteiger partial charge in [-0.15, -0.1) is 23.2 Å². The number of imide groups is 2. The van der Waals surface area contributed by atoms with Gasteiger partial charge in [0, 0.05) is 37.7 Å². The largest absolute Gasteiger partial charge is 0.505 e. The van der Waals surface area contributed by atoms with Gasteiger partial charge < -0.3 is 10.0 Å². The minimum Gasteiger partial charge on any atom is -0.505 e. The Morgan fingerprint density at radius 1 is 1.04 bits per heavy atom. The topological polar surface area (TPSA) is 185 Å². The van der Waals surface area contributed by atoms with Crippen LogP contribution in [-0.2, 0) is 19.2 Å². The number of hydrogen-bond acceptors (Lipinski definition) is 10. The number of para-hydroxylation sites is 1. The van der Waals surface area contributed by atoms with Crippen molar-refractivity contribution < 1.29 is 38.5 Å². The zero-order valence-electron chi connectivity index (χ0n) is 24.4. The highest BCUT2D eigenvalue weighted by atomic mass is 79.9. The number of fused-ring (bicyclic) bond motifs is 4. The van der Waals surface area contributed by atoms with Gasteiger partial charge in [0.1, 0.15) is 0 Å². The molecule has 3 fully saturated rings. The molecule has 14 nitrogen and oxygen atoms in total. The lowest BCUT2D eigenvalue weighted by Gasteiger charge is -2.50. The molecule has 0 aromatic heterocycles. The minimum atomic E-state index is -2.28. The molecule has 1 N–H and O–H groups in total. The maximum Gasteiger partial charge on any atom is 0.301 e. The molecule has 0 spiro atoms. The van der Waals surface area contributed by atoms with E-state index in [0.717, 1.165) is 23.1 Å². The number of alkyl halides is 3. The molecule has 0 unspecified atom stereocenters. The van der Waals surface area contributed by atoms with Crippen LogP contribution < -0.4 is 9.80 Å². The monoisotopic (exact) mass is 753 g/mol. The second-order valence-corrected chi connectivity index (χ2v) is 13.7. The summed E-state index contributed by atoms with van der Waals surface area (Å²) in [5.74, 6) is -10.2. The average molecular weight is 755 g/mol. The normalized spacial score (nSPS) is 29.8. The summed E-state index contributed by atoms with van der Waals surface area (Å²) >= 11 is 17.3. The van der Waals surface area contributed by atoms with E-state index < -0.39 is 102 Å². The van der Waals surface area contributed by atoms with Crippen LogP contribution in [0.5, 0.6) is 5.75 Å². The van der Waals surface area contributed by atoms with E-state index in [1.165, 1.54) is 31.1 Å². The quantitative estimate of drug-likeness (QED) is 0.111. The first-order valence-electron chi connectivity index (χ1n) is 14.0. The van der Waals surface area contributed by atoms with Crippen LogP contribution in [0, 0.1) is 43.8 Å². The fourth-order valence-corrected chi connectivity index (χ4v) is 8.99. The fourth-order valence-electron chi connectivity index (χ4n) is 7.57. The molecule has 1 saturated carbocycles. The van der Waals surface area contributed by atoms with E-state index in [1.54, 1.807) is 6.08 Å². The van der Waals surface area contributed by atoms with Gasteiger partial charge in [-0.3, -0.25) is 44.3 Å². The Bertz CT molecular complexity index is 1840. The lowest BCUT2D eigenvalue weighted by molar-refractivity contribution is -0.392. The maximum atomic E-state index is 14.7. The van der Waals surface area contributed by atoms with E-state index in [-0.39, 0.29) is 28.7 Å². The Balaban J connectivity index is 1.53. The fraction of sp³-hybridized carbons (Fsp3) is 0.379. The van der Waals surface area contributed by atoms with Crippen molar-refractivity contribution in [3.63, 3.8) is 0 Å². The van der Waals surface area contributed by atoms with E-state index in [9.17, 15) is 48.9 Å². The number of anilines is 2. The molecule has 6 rings (SSSR count). The smallest absolute Gasteiger partial charge is 0.301 e. The Morgan fingerprint density at radius 2 is 1.66 bits per heavy atom. The number of carbonyl (C=O) groups is 4. The molecule has 0 bridgehead atoms. The van der Waals surface area contributed by atoms with Crippen molar-refractivity contribution >= 4 is 85.5 Å². The van der Waals surface area contributed by atoms with Gasteiger partial charge in [-0.25, -0.2) is 9.29 Å². The van der Waals surface area contributed by atoms with Gasteiger partial charge in [0.2, 0.25) is 11.8 Å². The first-order chi connectivity index (χ1) is 22.0. The van der Waals surface area contributed by atoms with E-state index in [4.69, 9.17) is 23.2 Å². The van der Waals surface area contributed by atoms with Crippen molar-refractivity contribution in [3.05, 3.63) is 73.6 Å². The molecule has 2 aromatic rings. The molecule has 2 aliphatic carbocycles. The maximum absolute atomic E-state index is 14.7. The molecule has 4 amide bonds. The van der Waals surface area contributed by atoms with Gasteiger partial charge in [0.25, 0.3) is 11.8 Å². The predicted molar refractivity (Wildman–Crippen MR) is 168 cm³/mol. The molecular weight excluding hydrogens is 732 g/mol. The number of nitro benzene ring substituents is 2. The third-order valence-electron chi connectivity index (χ3n) is 9.50. The van der Waals surface area contributed by atoms with Crippen molar-refractivity contribution in [2.45, 2.75) is 28.5 Å². The van der Waals surface area contributed by atoms with Gasteiger partial charge in [-0.1, -0.05) is 39.7 Å². The molecule has 47 heavy (non-hydrogen) atoms. The van der Waals surface area contributed by atoms with Crippen molar-refractivity contribution in [1.82, 2.24) is 4.90 Å². The van der Waals surface area contributed by atoms with Crippen LogP contribution in [0.1, 0.15) is 24.3 Å². The summed E-state index contributed by atoms with van der Waals surface area (Å²) in [5.41, 5.74) is -2.39. The van der Waals surface area contributed by atoms with Crippen molar-refractivity contribution in [2.24, 2.45) is 17.8 Å². The number of likely N-dealkylation sites (tertiary alicyclic amines) is 1. The van der Waals surface area contributed by atoms with Gasteiger partial charge in [0.15, 0.2) is 27.0 Å². The summed E-state index contributed by atoms with van der Waals surface area (Å²) in [6.45, 7) is 0. The number of halogens is 4. The molecule has 2 aromatic carbocycles. The van der Waals surface area contributed by atoms with E-state index >= 15 is 0 Å². The Morgan fingerprint density at radius 3 is 2.21 bits per heavy atom. The molecular formula is C29H23BrCl2FN5O9. The molecule has 2 saturated heterocycles. The van der Waals surface area contributed by atoms with Crippen LogP contribution in [0.3, 0.4) is 0 Å². The molecule has 2 aliphatic heterocycles. The standard InChI is InChI=1S/C29H23BrCl2FN5O9/c1-34(2)22-18(37(44)45)8-12(9-19(22)38(46)47)36-24(40)14-7-6-13-16(20(14)25(36)41)10-28(31)26(42)35(11-30)27(43)29(28,32)21(13)15-4-3-5-17(33)23(15)39/h3-6,8-9,14,16,20-21,39H,7,10-11H2,1-2H3/t14-,16+,20-,21+,28+,29-/m0/s1. The van der Waals surface area contributed by atoms with E-state index in [0.29, 0.717) is 4.90 Å². The highest BCUT2D eigenvalue weighted by Gasteiger charge is 2.76. The van der Waals surface area contributed by atoms with Gasteiger partial charge in [-0.05, 0) is 24.8 Å². The highest BCUT2D eigenvalue weighted by molar-refractivity contribution is 9.09. The number of hydrogen-bond donors (Lipinski definition) is 1. The SMILES string of the molecule is CN(C)c1c([N+](=O)[O-])cc(N2C(=O)[C@H]3[C@H](CC=C4[C@H]3C[C@@]3(Cl)C(=O)N(CBr)C(=O)[C@@]3(Cl)[C@H]4c3cccc(F)c3O)C2=O)cc1[N+](=O)[O-]. The number of rotatable bonds is 6. The Hall–Kier alpha value is -4.15.